The van der Waals surface area contributed by atoms with Gasteiger partial charge in [-0.2, -0.15) is 4.31 Å². The number of rotatable bonds is 2. The zero-order valence-corrected chi connectivity index (χ0v) is 15.7. The molecule has 0 amide bonds. The molecule has 0 aliphatic carbocycles. The van der Waals surface area contributed by atoms with Gasteiger partial charge in [0.25, 0.3) is 15.6 Å². The van der Waals surface area contributed by atoms with E-state index in [0.717, 1.165) is 10.1 Å². The summed E-state index contributed by atoms with van der Waals surface area (Å²) >= 11 is 7.20. The number of hydrogen-bond donors (Lipinski definition) is 0. The van der Waals surface area contributed by atoms with Gasteiger partial charge in [-0.3, -0.25) is 4.79 Å². The summed E-state index contributed by atoms with van der Waals surface area (Å²) in [6.07, 6.45) is 1.80. The Bertz CT molecular complexity index is 1150. The van der Waals surface area contributed by atoms with Crippen LogP contribution in [0.4, 0.5) is 0 Å². The van der Waals surface area contributed by atoms with Gasteiger partial charge in [-0.1, -0.05) is 11.6 Å². The molecule has 0 spiro atoms. The van der Waals surface area contributed by atoms with Crippen molar-refractivity contribution < 1.29 is 8.42 Å². The molecule has 4 rings (SSSR count). The van der Waals surface area contributed by atoms with Crippen molar-refractivity contribution in [3.8, 4) is 0 Å². The highest BCUT2D eigenvalue weighted by atomic mass is 35.5. The number of halogens is 1. The lowest BCUT2D eigenvalue weighted by molar-refractivity contribution is 0.383. The third kappa shape index (κ3) is 2.79. The number of nitrogens with zero attached hydrogens (tertiary/aromatic N) is 3. The van der Waals surface area contributed by atoms with Crippen LogP contribution in [0.3, 0.4) is 0 Å². The fraction of sp³-hybridized carbons (Fsp3) is 0.250. The molecule has 0 saturated carbocycles. The Hall–Kier alpha value is -1.74. The van der Waals surface area contributed by atoms with Crippen molar-refractivity contribution >= 4 is 43.0 Å². The first-order valence-corrected chi connectivity index (χ1v) is 10.2. The molecule has 3 heterocycles. The third-order valence-electron chi connectivity index (χ3n) is 4.30. The second-order valence-electron chi connectivity index (χ2n) is 5.92. The number of thiophene rings is 1. The van der Waals surface area contributed by atoms with E-state index in [1.54, 1.807) is 25.2 Å². The monoisotopic (exact) mass is 395 g/mol. The van der Waals surface area contributed by atoms with Crippen molar-refractivity contribution in [2.45, 2.75) is 17.2 Å². The fourth-order valence-corrected chi connectivity index (χ4v) is 6.06. The Morgan fingerprint density at radius 1 is 1.28 bits per heavy atom. The molecule has 1 aliphatic heterocycles. The van der Waals surface area contributed by atoms with Crippen molar-refractivity contribution in [3.05, 3.63) is 57.2 Å². The summed E-state index contributed by atoms with van der Waals surface area (Å²) in [6, 6.07) is 6.96. The van der Waals surface area contributed by atoms with Gasteiger partial charge in [-0.15, -0.1) is 11.3 Å². The van der Waals surface area contributed by atoms with Crippen LogP contribution in [0.15, 0.2) is 39.6 Å². The van der Waals surface area contributed by atoms with Crippen LogP contribution >= 0.6 is 22.9 Å². The lowest BCUT2D eigenvalue weighted by Crippen LogP contribution is -2.39. The van der Waals surface area contributed by atoms with Crippen LogP contribution in [0.1, 0.15) is 11.3 Å². The first kappa shape index (κ1) is 16.7. The van der Waals surface area contributed by atoms with Gasteiger partial charge in [0.05, 0.1) is 18.6 Å². The van der Waals surface area contributed by atoms with Crippen LogP contribution in [0.2, 0.25) is 5.02 Å². The number of sulfonamides is 1. The molecule has 0 saturated heterocycles. The molecule has 2 aromatic heterocycles. The van der Waals surface area contributed by atoms with Gasteiger partial charge in [-0.05, 0) is 36.1 Å². The minimum absolute atomic E-state index is 0.112. The highest BCUT2D eigenvalue weighted by molar-refractivity contribution is 7.91. The lowest BCUT2D eigenvalue weighted by atomic mass is 10.1. The number of benzene rings is 1. The van der Waals surface area contributed by atoms with Gasteiger partial charge in [-0.25, -0.2) is 13.4 Å². The average Bonchev–Trinajstić information content (AvgIpc) is 3.02. The first-order valence-electron chi connectivity index (χ1n) is 7.59. The van der Waals surface area contributed by atoms with Gasteiger partial charge in [0.1, 0.15) is 4.21 Å². The van der Waals surface area contributed by atoms with Crippen LogP contribution in [-0.2, 0) is 30.0 Å². The fourth-order valence-electron chi connectivity index (χ4n) is 2.94. The Balaban J connectivity index is 1.72. The van der Waals surface area contributed by atoms with E-state index < -0.39 is 10.0 Å². The smallest absolute Gasteiger partial charge is 0.256 e. The highest BCUT2D eigenvalue weighted by Gasteiger charge is 2.31. The van der Waals surface area contributed by atoms with Crippen molar-refractivity contribution in [2.24, 2.45) is 7.05 Å². The minimum Gasteiger partial charge on any atom is -0.302 e. The predicted molar refractivity (Wildman–Crippen MR) is 97.6 cm³/mol. The van der Waals surface area contributed by atoms with E-state index in [9.17, 15) is 13.2 Å². The second kappa shape index (κ2) is 5.91. The molecule has 0 bridgehead atoms. The van der Waals surface area contributed by atoms with Crippen LogP contribution < -0.4 is 5.56 Å². The molecule has 1 aliphatic rings. The number of aromatic nitrogens is 2. The predicted octanol–water partition coefficient (Wildman–Crippen LogP) is 2.40. The minimum atomic E-state index is -3.64. The van der Waals surface area contributed by atoms with Crippen molar-refractivity contribution in [1.82, 2.24) is 13.9 Å². The number of fused-ring (bicyclic) bond motifs is 2. The molecule has 0 fully saturated rings. The molecule has 6 nitrogen and oxygen atoms in total. The number of aryl methyl sites for hydroxylation is 1. The van der Waals surface area contributed by atoms with E-state index in [4.69, 9.17) is 11.6 Å². The largest absolute Gasteiger partial charge is 0.302 e. The van der Waals surface area contributed by atoms with Crippen molar-refractivity contribution in [2.75, 3.05) is 6.54 Å². The van der Waals surface area contributed by atoms with Crippen molar-refractivity contribution in [3.63, 3.8) is 0 Å². The summed E-state index contributed by atoms with van der Waals surface area (Å²) in [5.41, 5.74) is 1.01. The topological polar surface area (TPSA) is 72.3 Å². The molecular weight excluding hydrogens is 382 g/mol. The molecule has 0 atom stereocenters. The summed E-state index contributed by atoms with van der Waals surface area (Å²) in [6.45, 7) is 0.383. The Morgan fingerprint density at radius 2 is 2.08 bits per heavy atom. The van der Waals surface area contributed by atoms with Gasteiger partial charge in [0.2, 0.25) is 0 Å². The quantitative estimate of drug-likeness (QED) is 0.668. The van der Waals surface area contributed by atoms with Crippen LogP contribution in [0.5, 0.6) is 0 Å². The molecule has 25 heavy (non-hydrogen) atoms. The zero-order valence-electron chi connectivity index (χ0n) is 13.3. The molecule has 9 heteroatoms. The van der Waals surface area contributed by atoms with Crippen LogP contribution in [-0.4, -0.2) is 28.8 Å². The van der Waals surface area contributed by atoms with E-state index in [1.165, 1.54) is 26.5 Å². The van der Waals surface area contributed by atoms with E-state index in [1.807, 2.05) is 6.07 Å². The second-order valence-corrected chi connectivity index (χ2v) is 9.61. The maximum absolute atomic E-state index is 13.0. The highest BCUT2D eigenvalue weighted by Crippen LogP contribution is 2.33. The van der Waals surface area contributed by atoms with Gasteiger partial charge in [0.15, 0.2) is 0 Å². The molecule has 1 aromatic carbocycles. The summed E-state index contributed by atoms with van der Waals surface area (Å²) in [5, 5.41) is 1.38. The van der Waals surface area contributed by atoms with Gasteiger partial charge < -0.3 is 4.57 Å². The molecular formula is C16H14ClN3O3S2. The van der Waals surface area contributed by atoms with E-state index in [-0.39, 0.29) is 22.9 Å². The van der Waals surface area contributed by atoms with Crippen LogP contribution in [0.25, 0.3) is 10.1 Å². The van der Waals surface area contributed by atoms with Gasteiger partial charge >= 0.3 is 0 Å². The average molecular weight is 396 g/mol. The summed E-state index contributed by atoms with van der Waals surface area (Å²) in [4.78, 5) is 16.4. The normalized spacial score (nSPS) is 15.4. The molecule has 0 unspecified atom stereocenters. The van der Waals surface area contributed by atoms with E-state index in [2.05, 4.69) is 4.98 Å². The molecule has 0 radical (unpaired) electrons. The third-order valence-corrected chi connectivity index (χ3v) is 7.95. The van der Waals surface area contributed by atoms with E-state index in [0.29, 0.717) is 22.7 Å². The first-order chi connectivity index (χ1) is 11.9. The maximum atomic E-state index is 13.0. The Labute approximate surface area is 153 Å². The molecule has 130 valence electrons. The van der Waals surface area contributed by atoms with E-state index >= 15 is 0 Å². The summed E-state index contributed by atoms with van der Waals surface area (Å²) < 4.78 is 29.9. The Kier molecular flexibility index (Phi) is 3.95. The number of hydrogen-bond acceptors (Lipinski definition) is 5. The standard InChI is InChI=1S/C16H14ClN3O3S2/c1-19-9-18-13-8-20(5-4-12(13)16(19)21)25(22,23)15-7-10-6-11(17)2-3-14(10)24-15/h2-3,6-7,9H,4-5,8H2,1H3. The maximum Gasteiger partial charge on any atom is 0.256 e. The summed E-state index contributed by atoms with van der Waals surface area (Å²) in [7, 11) is -2.00. The lowest BCUT2D eigenvalue weighted by Gasteiger charge is -2.26. The van der Waals surface area contributed by atoms with Gasteiger partial charge in [0, 0.05) is 28.9 Å². The Morgan fingerprint density at radius 3 is 2.88 bits per heavy atom. The SMILES string of the molecule is Cn1cnc2c(c1=O)CCN(S(=O)(=O)c1cc3cc(Cl)ccc3s1)C2. The summed E-state index contributed by atoms with van der Waals surface area (Å²) in [5.74, 6) is 0. The molecule has 0 N–H and O–H groups in total. The van der Waals surface area contributed by atoms with Crippen molar-refractivity contribution in [1.29, 1.82) is 0 Å². The molecule has 3 aromatic rings. The van der Waals surface area contributed by atoms with Crippen LogP contribution in [0, 0.1) is 0 Å². The zero-order chi connectivity index (χ0) is 17.8.